The van der Waals surface area contributed by atoms with Gasteiger partial charge in [0, 0.05) is 6.04 Å². The molecule has 1 aromatic heterocycles. The Bertz CT molecular complexity index is 499. The van der Waals surface area contributed by atoms with E-state index in [4.69, 9.17) is 5.26 Å². The van der Waals surface area contributed by atoms with Crippen LogP contribution in [0.25, 0.3) is 6.08 Å². The maximum atomic E-state index is 12.1. The van der Waals surface area contributed by atoms with Crippen molar-refractivity contribution in [2.75, 3.05) is 0 Å². The number of nitriles is 1. The second-order valence-corrected chi connectivity index (χ2v) is 5.85. The molecule has 4 heteroatoms. The Hall–Kier alpha value is -1.60. The molecule has 0 bridgehead atoms. The fraction of sp³-hybridized carbons (Fsp3) is 0.467. The molecule has 3 nitrogen and oxygen atoms in total. The fourth-order valence-electron chi connectivity index (χ4n) is 2.45. The van der Waals surface area contributed by atoms with Crippen LogP contribution < -0.4 is 5.32 Å². The summed E-state index contributed by atoms with van der Waals surface area (Å²) in [5, 5.41) is 16.0. The summed E-state index contributed by atoms with van der Waals surface area (Å²) in [5.41, 5.74) is 1.10. The molecule has 1 fully saturated rings. The lowest BCUT2D eigenvalue weighted by Gasteiger charge is -2.29. The zero-order chi connectivity index (χ0) is 13.7. The topological polar surface area (TPSA) is 52.9 Å². The second kappa shape index (κ2) is 6.53. The molecule has 1 amide bonds. The van der Waals surface area contributed by atoms with Crippen LogP contribution in [0.15, 0.2) is 22.4 Å². The van der Waals surface area contributed by atoms with Crippen LogP contribution in [0.3, 0.4) is 0 Å². The molecule has 0 saturated heterocycles. The van der Waals surface area contributed by atoms with Gasteiger partial charge in [-0.05, 0) is 47.2 Å². The lowest BCUT2D eigenvalue weighted by atomic mass is 9.86. The molecule has 1 N–H and O–H groups in total. The lowest BCUT2D eigenvalue weighted by molar-refractivity contribution is -0.118. The van der Waals surface area contributed by atoms with Crippen molar-refractivity contribution in [2.45, 2.75) is 38.6 Å². The SMILES string of the molecule is C[C@@H]1CCCC[C@@H]1NC(=O)/C(C#N)=C/c1ccsc1. The first-order valence-corrected chi connectivity index (χ1v) is 7.60. The van der Waals surface area contributed by atoms with Crippen molar-refractivity contribution in [3.63, 3.8) is 0 Å². The third-order valence-electron chi connectivity index (χ3n) is 3.65. The summed E-state index contributed by atoms with van der Waals surface area (Å²) in [6, 6.07) is 4.11. The van der Waals surface area contributed by atoms with Crippen molar-refractivity contribution in [1.82, 2.24) is 5.32 Å². The van der Waals surface area contributed by atoms with Crippen LogP contribution in [0.5, 0.6) is 0 Å². The number of rotatable bonds is 3. The number of hydrogen-bond donors (Lipinski definition) is 1. The Balaban J connectivity index is 2.03. The van der Waals surface area contributed by atoms with E-state index in [-0.39, 0.29) is 17.5 Å². The van der Waals surface area contributed by atoms with E-state index in [9.17, 15) is 4.79 Å². The maximum Gasteiger partial charge on any atom is 0.262 e. The van der Waals surface area contributed by atoms with E-state index in [1.807, 2.05) is 22.9 Å². The zero-order valence-corrected chi connectivity index (χ0v) is 11.9. The minimum atomic E-state index is -0.243. The third kappa shape index (κ3) is 3.68. The maximum absolute atomic E-state index is 12.1. The van der Waals surface area contributed by atoms with Crippen LogP contribution in [0.2, 0.25) is 0 Å². The van der Waals surface area contributed by atoms with Crippen molar-refractivity contribution in [3.8, 4) is 6.07 Å². The molecule has 2 atom stereocenters. The Kier molecular flexibility index (Phi) is 4.75. The molecule has 2 rings (SSSR count). The molecule has 1 heterocycles. The fourth-order valence-corrected chi connectivity index (χ4v) is 3.07. The monoisotopic (exact) mass is 274 g/mol. The quantitative estimate of drug-likeness (QED) is 0.679. The highest BCUT2D eigenvalue weighted by Gasteiger charge is 2.23. The molecule has 0 unspecified atom stereocenters. The van der Waals surface area contributed by atoms with Gasteiger partial charge >= 0.3 is 0 Å². The van der Waals surface area contributed by atoms with Gasteiger partial charge in [0.25, 0.3) is 5.91 Å². The highest BCUT2D eigenvalue weighted by Crippen LogP contribution is 2.24. The summed E-state index contributed by atoms with van der Waals surface area (Å²) in [5.74, 6) is 0.256. The van der Waals surface area contributed by atoms with Crippen molar-refractivity contribution in [3.05, 3.63) is 28.0 Å². The minimum Gasteiger partial charge on any atom is -0.348 e. The predicted molar refractivity (Wildman–Crippen MR) is 77.5 cm³/mol. The number of carbonyl (C=O) groups is 1. The van der Waals surface area contributed by atoms with Gasteiger partial charge in [-0.1, -0.05) is 19.8 Å². The first-order chi connectivity index (χ1) is 9.20. The van der Waals surface area contributed by atoms with Crippen molar-refractivity contribution in [2.24, 2.45) is 5.92 Å². The molecule has 1 aliphatic rings. The van der Waals surface area contributed by atoms with Crippen LogP contribution in [0.4, 0.5) is 0 Å². The highest BCUT2D eigenvalue weighted by molar-refractivity contribution is 7.08. The van der Waals surface area contributed by atoms with E-state index in [0.29, 0.717) is 5.92 Å². The number of hydrogen-bond acceptors (Lipinski definition) is 3. The number of amides is 1. The second-order valence-electron chi connectivity index (χ2n) is 5.07. The predicted octanol–water partition coefficient (Wildman–Crippen LogP) is 3.35. The van der Waals surface area contributed by atoms with Crippen molar-refractivity contribution in [1.29, 1.82) is 5.26 Å². The minimum absolute atomic E-state index is 0.191. The summed E-state index contributed by atoms with van der Waals surface area (Å²) in [7, 11) is 0. The zero-order valence-electron chi connectivity index (χ0n) is 11.1. The standard InChI is InChI=1S/C15H18N2OS/c1-11-4-2-3-5-14(11)17-15(18)13(9-16)8-12-6-7-19-10-12/h6-8,10-11,14H,2-5H2,1H3,(H,17,18)/b13-8+/t11-,14+/m1/s1. The van der Waals surface area contributed by atoms with Crippen LogP contribution in [0, 0.1) is 17.2 Å². The van der Waals surface area contributed by atoms with Crippen LogP contribution in [-0.4, -0.2) is 11.9 Å². The number of carbonyl (C=O) groups excluding carboxylic acids is 1. The van der Waals surface area contributed by atoms with Gasteiger partial charge in [0.15, 0.2) is 0 Å². The van der Waals surface area contributed by atoms with Gasteiger partial charge < -0.3 is 5.32 Å². The van der Waals surface area contributed by atoms with Gasteiger partial charge in [0.2, 0.25) is 0 Å². The normalized spacial score (nSPS) is 23.7. The van der Waals surface area contributed by atoms with E-state index >= 15 is 0 Å². The summed E-state index contributed by atoms with van der Waals surface area (Å²) < 4.78 is 0. The van der Waals surface area contributed by atoms with E-state index in [1.165, 1.54) is 6.42 Å². The Morgan fingerprint density at radius 1 is 1.53 bits per heavy atom. The molecular formula is C15H18N2OS. The van der Waals surface area contributed by atoms with Crippen LogP contribution in [0.1, 0.15) is 38.2 Å². The molecule has 1 saturated carbocycles. The summed E-state index contributed by atoms with van der Waals surface area (Å²) >= 11 is 1.55. The average Bonchev–Trinajstić information content (AvgIpc) is 2.91. The number of nitrogens with zero attached hydrogens (tertiary/aromatic N) is 1. The number of nitrogens with one attached hydrogen (secondary N) is 1. The van der Waals surface area contributed by atoms with Crippen LogP contribution >= 0.6 is 11.3 Å². The molecule has 0 aliphatic heterocycles. The average molecular weight is 274 g/mol. The summed E-state index contributed by atoms with van der Waals surface area (Å²) in [4.78, 5) is 12.1. The van der Waals surface area contributed by atoms with Gasteiger partial charge in [-0.15, -0.1) is 0 Å². The third-order valence-corrected chi connectivity index (χ3v) is 4.35. The molecule has 0 aromatic carbocycles. The van der Waals surface area contributed by atoms with Gasteiger partial charge in [-0.3, -0.25) is 4.79 Å². The molecule has 1 aromatic rings. The van der Waals surface area contributed by atoms with E-state index < -0.39 is 0 Å². The molecule has 0 radical (unpaired) electrons. The summed E-state index contributed by atoms with van der Waals surface area (Å²) in [6.07, 6.45) is 6.22. The van der Waals surface area contributed by atoms with Crippen molar-refractivity contribution >= 4 is 23.3 Å². The molecular weight excluding hydrogens is 256 g/mol. The van der Waals surface area contributed by atoms with E-state index in [1.54, 1.807) is 17.4 Å². The molecule has 100 valence electrons. The molecule has 1 aliphatic carbocycles. The van der Waals surface area contributed by atoms with Gasteiger partial charge in [-0.2, -0.15) is 16.6 Å². The highest BCUT2D eigenvalue weighted by atomic mass is 32.1. The number of thiophene rings is 1. The molecule has 0 spiro atoms. The van der Waals surface area contributed by atoms with Gasteiger partial charge in [-0.25, -0.2) is 0 Å². The molecule has 19 heavy (non-hydrogen) atoms. The Labute approximate surface area is 117 Å². The first-order valence-electron chi connectivity index (χ1n) is 6.65. The van der Waals surface area contributed by atoms with Gasteiger partial charge in [0.1, 0.15) is 11.6 Å². The Morgan fingerprint density at radius 3 is 2.95 bits per heavy atom. The van der Waals surface area contributed by atoms with Gasteiger partial charge in [0.05, 0.1) is 0 Å². The summed E-state index contributed by atoms with van der Waals surface area (Å²) in [6.45, 7) is 2.17. The lowest BCUT2D eigenvalue weighted by Crippen LogP contribution is -2.41. The van der Waals surface area contributed by atoms with Crippen LogP contribution in [-0.2, 0) is 4.79 Å². The van der Waals surface area contributed by atoms with E-state index in [0.717, 1.165) is 24.8 Å². The van der Waals surface area contributed by atoms with Crippen molar-refractivity contribution < 1.29 is 4.79 Å². The van der Waals surface area contributed by atoms with E-state index in [2.05, 4.69) is 12.2 Å². The Morgan fingerprint density at radius 2 is 2.32 bits per heavy atom. The first kappa shape index (κ1) is 13.8. The smallest absolute Gasteiger partial charge is 0.262 e. The largest absolute Gasteiger partial charge is 0.348 e.